The predicted molar refractivity (Wildman–Crippen MR) is 94.7 cm³/mol. The Kier molecular flexibility index (Phi) is 4.76. The number of rotatable bonds is 5. The highest BCUT2D eigenvalue weighted by atomic mass is 79.9. The molecule has 0 saturated carbocycles. The number of hydrogen-bond donors (Lipinski definition) is 0. The fourth-order valence-electron chi connectivity index (χ4n) is 2.50. The molecule has 5 nitrogen and oxygen atoms in total. The van der Waals surface area contributed by atoms with Crippen LogP contribution in [0.5, 0.6) is 17.2 Å². The van der Waals surface area contributed by atoms with Gasteiger partial charge >= 0.3 is 0 Å². The summed E-state index contributed by atoms with van der Waals surface area (Å²) in [5.41, 5.74) is 2.68. The highest BCUT2D eigenvalue weighted by Crippen LogP contribution is 2.43. The summed E-state index contributed by atoms with van der Waals surface area (Å²) in [5.74, 6) is 2.29. The van der Waals surface area contributed by atoms with Crippen molar-refractivity contribution in [2.24, 2.45) is 0 Å². The van der Waals surface area contributed by atoms with Gasteiger partial charge in [0.15, 0.2) is 17.3 Å². The molecule has 0 aliphatic heterocycles. The highest BCUT2D eigenvalue weighted by Gasteiger charge is 2.19. The minimum absolute atomic E-state index is 0.536. The summed E-state index contributed by atoms with van der Waals surface area (Å²) in [6.07, 6.45) is 1.70. The fourth-order valence-corrected chi connectivity index (χ4v) is 2.76. The van der Waals surface area contributed by atoms with Gasteiger partial charge in [-0.3, -0.25) is 0 Å². The Balaban J connectivity index is 2.14. The summed E-state index contributed by atoms with van der Waals surface area (Å²) in [5, 5.41) is 3.95. The minimum atomic E-state index is 0.536. The molecule has 3 aromatic rings. The summed E-state index contributed by atoms with van der Waals surface area (Å²) in [6, 6.07) is 11.6. The highest BCUT2D eigenvalue weighted by molar-refractivity contribution is 9.10. The van der Waals surface area contributed by atoms with Gasteiger partial charge in [0.2, 0.25) is 5.75 Å². The number of ether oxygens (including phenoxy) is 3. The molecule has 1 heterocycles. The third-order valence-electron chi connectivity index (χ3n) is 3.65. The Bertz CT molecular complexity index is 817. The normalized spacial score (nSPS) is 10.5. The molecule has 1 aromatic heterocycles. The Hall–Kier alpha value is -2.47. The maximum Gasteiger partial charge on any atom is 0.203 e. The van der Waals surface area contributed by atoms with Crippen LogP contribution in [0.2, 0.25) is 0 Å². The van der Waals surface area contributed by atoms with Gasteiger partial charge in [0.1, 0.15) is 0 Å². The van der Waals surface area contributed by atoms with E-state index in [0.29, 0.717) is 23.0 Å². The average Bonchev–Trinajstić information content (AvgIpc) is 3.10. The Morgan fingerprint density at radius 3 is 2.04 bits per heavy atom. The third-order valence-corrected chi connectivity index (χ3v) is 4.18. The van der Waals surface area contributed by atoms with E-state index in [0.717, 1.165) is 21.2 Å². The quantitative estimate of drug-likeness (QED) is 0.627. The van der Waals surface area contributed by atoms with Gasteiger partial charge in [0.25, 0.3) is 0 Å². The molecule has 0 aliphatic rings. The zero-order valence-electron chi connectivity index (χ0n) is 13.5. The number of aromatic nitrogens is 1. The lowest BCUT2D eigenvalue weighted by molar-refractivity contribution is 0.324. The maximum absolute atomic E-state index is 5.49. The van der Waals surface area contributed by atoms with Crippen LogP contribution in [-0.2, 0) is 0 Å². The molecule has 6 heteroatoms. The van der Waals surface area contributed by atoms with Crippen LogP contribution in [0, 0.1) is 0 Å². The predicted octanol–water partition coefficient (Wildman–Crippen LogP) is 4.80. The van der Waals surface area contributed by atoms with Crippen LogP contribution in [0.15, 0.2) is 51.6 Å². The van der Waals surface area contributed by atoms with Gasteiger partial charge in [0, 0.05) is 15.6 Å². The number of nitrogens with zero attached hydrogens (tertiary/aromatic N) is 1. The van der Waals surface area contributed by atoms with Gasteiger partial charge in [-0.2, -0.15) is 0 Å². The van der Waals surface area contributed by atoms with E-state index in [1.54, 1.807) is 27.5 Å². The topological polar surface area (TPSA) is 53.7 Å². The fraction of sp³-hybridized carbons (Fsp3) is 0.167. The van der Waals surface area contributed by atoms with Gasteiger partial charge in [0.05, 0.1) is 27.5 Å². The number of halogens is 1. The third kappa shape index (κ3) is 2.97. The Morgan fingerprint density at radius 1 is 0.875 bits per heavy atom. The van der Waals surface area contributed by atoms with Crippen molar-refractivity contribution < 1.29 is 18.7 Å². The zero-order valence-corrected chi connectivity index (χ0v) is 15.1. The first-order valence-corrected chi connectivity index (χ1v) is 7.98. The molecule has 24 heavy (non-hydrogen) atoms. The molecule has 2 aromatic carbocycles. The second-order valence-corrected chi connectivity index (χ2v) is 5.91. The van der Waals surface area contributed by atoms with E-state index in [-0.39, 0.29) is 0 Å². The summed E-state index contributed by atoms with van der Waals surface area (Å²) in [6.45, 7) is 0. The Labute approximate surface area is 148 Å². The van der Waals surface area contributed by atoms with E-state index in [4.69, 9.17) is 18.7 Å². The van der Waals surface area contributed by atoms with Gasteiger partial charge in [-0.1, -0.05) is 33.2 Å². The molecule has 0 bridgehead atoms. The molecule has 0 unspecified atom stereocenters. The molecule has 0 spiro atoms. The van der Waals surface area contributed by atoms with Crippen molar-refractivity contribution in [1.82, 2.24) is 5.16 Å². The molecule has 0 fully saturated rings. The zero-order chi connectivity index (χ0) is 17.1. The molecular formula is C18H16BrNO4. The average molecular weight is 390 g/mol. The van der Waals surface area contributed by atoms with Crippen molar-refractivity contribution in [2.75, 3.05) is 21.3 Å². The largest absolute Gasteiger partial charge is 0.493 e. The van der Waals surface area contributed by atoms with E-state index in [9.17, 15) is 0 Å². The summed E-state index contributed by atoms with van der Waals surface area (Å²) in [4.78, 5) is 0. The van der Waals surface area contributed by atoms with Crippen molar-refractivity contribution in [3.8, 4) is 39.7 Å². The lowest BCUT2D eigenvalue weighted by atomic mass is 10.0. The smallest absolute Gasteiger partial charge is 0.203 e. The van der Waals surface area contributed by atoms with Gasteiger partial charge in [-0.25, -0.2) is 0 Å². The first-order valence-electron chi connectivity index (χ1n) is 7.19. The summed E-state index contributed by atoms with van der Waals surface area (Å²) in [7, 11) is 4.73. The van der Waals surface area contributed by atoms with Crippen molar-refractivity contribution in [3.05, 3.63) is 47.1 Å². The van der Waals surface area contributed by atoms with Crippen LogP contribution in [0.3, 0.4) is 0 Å². The molecule has 0 radical (unpaired) electrons. The number of benzene rings is 2. The molecule has 124 valence electrons. The van der Waals surface area contributed by atoms with Gasteiger partial charge < -0.3 is 18.7 Å². The van der Waals surface area contributed by atoms with E-state index in [1.165, 1.54) is 0 Å². The van der Waals surface area contributed by atoms with Gasteiger partial charge in [-0.15, -0.1) is 0 Å². The summed E-state index contributed by atoms with van der Waals surface area (Å²) >= 11 is 3.44. The van der Waals surface area contributed by atoms with E-state index in [2.05, 4.69) is 21.1 Å². The molecule has 0 aliphatic carbocycles. The van der Waals surface area contributed by atoms with Crippen LogP contribution >= 0.6 is 15.9 Å². The van der Waals surface area contributed by atoms with E-state index >= 15 is 0 Å². The molecule has 0 N–H and O–H groups in total. The molecule has 0 saturated heterocycles. The van der Waals surface area contributed by atoms with E-state index < -0.39 is 0 Å². The second kappa shape index (κ2) is 6.97. The maximum atomic E-state index is 5.49. The van der Waals surface area contributed by atoms with Crippen LogP contribution in [-0.4, -0.2) is 26.5 Å². The van der Waals surface area contributed by atoms with Crippen molar-refractivity contribution in [2.45, 2.75) is 0 Å². The summed E-state index contributed by atoms with van der Waals surface area (Å²) < 4.78 is 22.7. The molecular weight excluding hydrogens is 374 g/mol. The van der Waals surface area contributed by atoms with Gasteiger partial charge in [-0.05, 0) is 29.8 Å². The first kappa shape index (κ1) is 16.4. The van der Waals surface area contributed by atoms with Crippen LogP contribution in [0.1, 0.15) is 0 Å². The van der Waals surface area contributed by atoms with Crippen molar-refractivity contribution in [3.63, 3.8) is 0 Å². The van der Waals surface area contributed by atoms with Crippen LogP contribution in [0.4, 0.5) is 0 Å². The number of methoxy groups -OCH3 is 3. The monoisotopic (exact) mass is 389 g/mol. The van der Waals surface area contributed by atoms with E-state index in [1.807, 2.05) is 36.4 Å². The molecule has 3 rings (SSSR count). The molecule has 0 atom stereocenters. The SMILES string of the molecule is COc1cc(-c2oncc2-c2ccc(Br)cc2)cc(OC)c1OC. The molecule has 0 amide bonds. The second-order valence-electron chi connectivity index (χ2n) is 4.99. The first-order chi connectivity index (χ1) is 11.7. The van der Waals surface area contributed by atoms with Crippen molar-refractivity contribution in [1.29, 1.82) is 0 Å². The van der Waals surface area contributed by atoms with Crippen LogP contribution < -0.4 is 14.2 Å². The minimum Gasteiger partial charge on any atom is -0.493 e. The lowest BCUT2D eigenvalue weighted by Crippen LogP contribution is -1.95. The van der Waals surface area contributed by atoms with Crippen LogP contribution in [0.25, 0.3) is 22.5 Å². The lowest BCUT2D eigenvalue weighted by Gasteiger charge is -2.13. The number of hydrogen-bond acceptors (Lipinski definition) is 5. The standard InChI is InChI=1S/C18H16BrNO4/c1-21-15-8-12(9-16(22-2)18(15)23-3)17-14(10-20-24-17)11-4-6-13(19)7-5-11/h4-10H,1-3H3. The van der Waals surface area contributed by atoms with Crippen molar-refractivity contribution >= 4 is 15.9 Å². The Morgan fingerprint density at radius 2 is 1.50 bits per heavy atom.